The third-order valence-electron chi connectivity index (χ3n) is 7.91. The van der Waals surface area contributed by atoms with Gasteiger partial charge in [0.15, 0.2) is 0 Å². The predicted octanol–water partition coefficient (Wildman–Crippen LogP) is 8.12. The number of ether oxygens (including phenoxy) is 1. The Balaban J connectivity index is 1.26. The summed E-state index contributed by atoms with van der Waals surface area (Å²) in [5.74, 6) is 2.51. The van der Waals surface area contributed by atoms with Gasteiger partial charge in [-0.3, -0.25) is 4.57 Å². The van der Waals surface area contributed by atoms with Crippen molar-refractivity contribution in [3.63, 3.8) is 0 Å². The molecule has 0 bridgehead atoms. The molecule has 0 unspecified atom stereocenters. The van der Waals surface area contributed by atoms with Crippen molar-refractivity contribution in [3.8, 4) is 17.3 Å². The van der Waals surface area contributed by atoms with E-state index in [4.69, 9.17) is 4.74 Å². The molecule has 6 aromatic rings. The van der Waals surface area contributed by atoms with Gasteiger partial charge in [0.1, 0.15) is 17.3 Å². The van der Waals surface area contributed by atoms with Crippen LogP contribution >= 0.6 is 0 Å². The summed E-state index contributed by atoms with van der Waals surface area (Å²) in [5, 5.41) is 2.37. The zero-order valence-electron chi connectivity index (χ0n) is 22.4. The van der Waals surface area contributed by atoms with Crippen molar-refractivity contribution in [1.82, 2.24) is 9.55 Å². The lowest BCUT2D eigenvalue weighted by atomic mass is 9.92. The lowest BCUT2D eigenvalue weighted by Crippen LogP contribution is -2.43. The van der Waals surface area contributed by atoms with E-state index < -0.39 is 0 Å². The summed E-state index contributed by atoms with van der Waals surface area (Å²) < 4.78 is 8.71. The molecule has 0 atom stereocenters. The molecule has 1 aliphatic rings. The molecule has 192 valence electrons. The Hall–Kier alpha value is -4.77. The first kappa shape index (κ1) is 23.4. The second-order valence-corrected chi connectivity index (χ2v) is 10.7. The molecule has 0 saturated heterocycles. The van der Waals surface area contributed by atoms with Crippen LogP contribution in [-0.4, -0.2) is 23.3 Å². The van der Waals surface area contributed by atoms with Crippen LogP contribution in [0.25, 0.3) is 27.6 Å². The molecule has 0 amide bonds. The Morgan fingerprint density at radius 2 is 1.44 bits per heavy atom. The van der Waals surface area contributed by atoms with Crippen molar-refractivity contribution >= 4 is 33.2 Å². The molecule has 0 N–H and O–H groups in total. The van der Waals surface area contributed by atoms with E-state index in [0.29, 0.717) is 0 Å². The number of aromatic nitrogens is 2. The monoisotopic (exact) mass is 510 g/mol. The lowest BCUT2D eigenvalue weighted by Gasteiger charge is -2.38. The fourth-order valence-corrected chi connectivity index (χ4v) is 5.84. The third-order valence-corrected chi connectivity index (χ3v) is 7.91. The molecule has 5 nitrogen and oxygen atoms in total. The molecule has 0 spiro atoms. The highest BCUT2D eigenvalue weighted by molar-refractivity contribution is 6.09. The molecular formula is C34H30N4O. The molecule has 4 aromatic carbocycles. The summed E-state index contributed by atoms with van der Waals surface area (Å²) >= 11 is 0. The zero-order valence-corrected chi connectivity index (χ0v) is 22.4. The molecule has 1 aliphatic heterocycles. The van der Waals surface area contributed by atoms with Gasteiger partial charge < -0.3 is 14.5 Å². The van der Waals surface area contributed by atoms with E-state index in [0.717, 1.165) is 35.0 Å². The average molecular weight is 511 g/mol. The second kappa shape index (κ2) is 8.91. The Labute approximate surface area is 228 Å². The van der Waals surface area contributed by atoms with Gasteiger partial charge >= 0.3 is 0 Å². The van der Waals surface area contributed by atoms with Crippen LogP contribution < -0.4 is 14.5 Å². The summed E-state index contributed by atoms with van der Waals surface area (Å²) in [6.07, 6.45) is 1.83. The SMILES string of the molecule is CN1CN(C(C)(C)c2cccc(Oc3ccc4c5ccccc5n(-c5ccccn5)c4c3)c2)c2ccccc21. The number of para-hydroxylation sites is 3. The van der Waals surface area contributed by atoms with E-state index in [-0.39, 0.29) is 5.54 Å². The van der Waals surface area contributed by atoms with E-state index in [1.165, 1.54) is 27.7 Å². The third kappa shape index (κ3) is 3.81. The summed E-state index contributed by atoms with van der Waals surface area (Å²) in [7, 11) is 2.15. The normalized spacial score (nSPS) is 13.3. The minimum atomic E-state index is -0.227. The quantitative estimate of drug-likeness (QED) is 0.234. The average Bonchev–Trinajstić information content (AvgIpc) is 3.49. The van der Waals surface area contributed by atoms with Crippen LogP contribution in [0.1, 0.15) is 19.4 Å². The number of rotatable bonds is 5. The van der Waals surface area contributed by atoms with Crippen LogP contribution in [-0.2, 0) is 5.54 Å². The predicted molar refractivity (Wildman–Crippen MR) is 160 cm³/mol. The van der Waals surface area contributed by atoms with Crippen molar-refractivity contribution < 1.29 is 4.74 Å². The molecule has 5 heteroatoms. The van der Waals surface area contributed by atoms with Crippen molar-refractivity contribution in [2.45, 2.75) is 19.4 Å². The minimum Gasteiger partial charge on any atom is -0.457 e. The van der Waals surface area contributed by atoms with Crippen LogP contribution in [0.4, 0.5) is 11.4 Å². The zero-order chi connectivity index (χ0) is 26.6. The summed E-state index contributed by atoms with van der Waals surface area (Å²) in [4.78, 5) is 9.40. The minimum absolute atomic E-state index is 0.227. The molecule has 0 radical (unpaired) electrons. The number of hydrogen-bond acceptors (Lipinski definition) is 4. The van der Waals surface area contributed by atoms with E-state index in [1.807, 2.05) is 30.5 Å². The Kier molecular flexibility index (Phi) is 5.34. The Morgan fingerprint density at radius 3 is 2.28 bits per heavy atom. The van der Waals surface area contributed by atoms with Gasteiger partial charge in [0, 0.05) is 30.1 Å². The van der Waals surface area contributed by atoms with Gasteiger partial charge in [-0.15, -0.1) is 0 Å². The lowest BCUT2D eigenvalue weighted by molar-refractivity contribution is 0.468. The largest absolute Gasteiger partial charge is 0.457 e. The van der Waals surface area contributed by atoms with Gasteiger partial charge in [-0.2, -0.15) is 0 Å². The number of benzene rings is 4. The van der Waals surface area contributed by atoms with Crippen molar-refractivity contribution in [2.75, 3.05) is 23.5 Å². The van der Waals surface area contributed by atoms with Crippen molar-refractivity contribution in [3.05, 3.63) is 121 Å². The van der Waals surface area contributed by atoms with Gasteiger partial charge in [-0.05, 0) is 74.0 Å². The van der Waals surface area contributed by atoms with Gasteiger partial charge in [-0.25, -0.2) is 4.98 Å². The van der Waals surface area contributed by atoms with E-state index in [1.54, 1.807) is 0 Å². The second-order valence-electron chi connectivity index (χ2n) is 10.7. The fourth-order valence-electron chi connectivity index (χ4n) is 5.84. The van der Waals surface area contributed by atoms with Crippen molar-refractivity contribution in [2.24, 2.45) is 0 Å². The highest BCUT2D eigenvalue weighted by Gasteiger charge is 2.35. The highest BCUT2D eigenvalue weighted by Crippen LogP contribution is 2.43. The van der Waals surface area contributed by atoms with E-state index >= 15 is 0 Å². The number of pyridine rings is 1. The first-order valence-electron chi connectivity index (χ1n) is 13.3. The van der Waals surface area contributed by atoms with Crippen LogP contribution in [0.2, 0.25) is 0 Å². The summed E-state index contributed by atoms with van der Waals surface area (Å²) in [5.41, 5.74) is 5.69. The Bertz CT molecular complexity index is 1820. The van der Waals surface area contributed by atoms with Crippen LogP contribution in [0.15, 0.2) is 115 Å². The summed E-state index contributed by atoms with van der Waals surface area (Å²) in [6, 6.07) is 37.9. The van der Waals surface area contributed by atoms with Gasteiger partial charge in [-0.1, -0.05) is 48.5 Å². The van der Waals surface area contributed by atoms with E-state index in [2.05, 4.69) is 125 Å². The van der Waals surface area contributed by atoms with Crippen molar-refractivity contribution in [1.29, 1.82) is 0 Å². The van der Waals surface area contributed by atoms with Crippen LogP contribution in [0, 0.1) is 0 Å². The molecule has 0 fully saturated rings. The van der Waals surface area contributed by atoms with Gasteiger partial charge in [0.2, 0.25) is 0 Å². The first-order chi connectivity index (χ1) is 19.0. The number of nitrogens with zero attached hydrogens (tertiary/aromatic N) is 4. The van der Waals surface area contributed by atoms with Crippen LogP contribution in [0.3, 0.4) is 0 Å². The number of hydrogen-bond donors (Lipinski definition) is 0. The fraction of sp³-hybridized carbons (Fsp3) is 0.147. The van der Waals surface area contributed by atoms with Gasteiger partial charge in [0.05, 0.1) is 34.6 Å². The number of fused-ring (bicyclic) bond motifs is 4. The standard InChI is InChI=1S/C34H30N4O/c1-34(2,37-23-36(3)30-15-6-7-16-31(30)37)24-11-10-12-25(21-24)39-26-18-19-28-27-13-4-5-14-29(27)38(32(28)22-26)33-17-8-9-20-35-33/h4-22H,23H2,1-3H3. The molecule has 7 rings (SSSR count). The molecule has 2 aromatic heterocycles. The smallest absolute Gasteiger partial charge is 0.137 e. The maximum absolute atomic E-state index is 6.50. The summed E-state index contributed by atoms with van der Waals surface area (Å²) in [6.45, 7) is 5.39. The molecule has 0 aliphatic carbocycles. The van der Waals surface area contributed by atoms with E-state index in [9.17, 15) is 0 Å². The number of anilines is 2. The Morgan fingerprint density at radius 1 is 0.692 bits per heavy atom. The maximum atomic E-state index is 6.50. The highest BCUT2D eigenvalue weighted by atomic mass is 16.5. The molecular weight excluding hydrogens is 480 g/mol. The first-order valence-corrected chi connectivity index (χ1v) is 13.3. The topological polar surface area (TPSA) is 33.5 Å². The molecule has 3 heterocycles. The molecule has 0 saturated carbocycles. The maximum Gasteiger partial charge on any atom is 0.137 e. The van der Waals surface area contributed by atoms with Crippen LogP contribution in [0.5, 0.6) is 11.5 Å². The molecule has 39 heavy (non-hydrogen) atoms. The van der Waals surface area contributed by atoms with Gasteiger partial charge in [0.25, 0.3) is 0 Å².